The van der Waals surface area contributed by atoms with Gasteiger partial charge in [-0.1, -0.05) is 24.3 Å². The smallest absolute Gasteiger partial charge is 0.326 e. The number of urea groups is 1. The lowest BCUT2D eigenvalue weighted by atomic mass is 10.1. The molecule has 0 saturated carbocycles. The van der Waals surface area contributed by atoms with Gasteiger partial charge in [-0.25, -0.2) is 4.79 Å². The molecule has 1 aromatic carbocycles. The summed E-state index contributed by atoms with van der Waals surface area (Å²) in [6.07, 6.45) is 1.68. The maximum absolute atomic E-state index is 11.9. The van der Waals surface area contributed by atoms with Crippen molar-refractivity contribution in [3.05, 3.63) is 59.4 Å². The Bertz CT molecular complexity index is 649. The Hall–Kier alpha value is -2.89. The fourth-order valence-electron chi connectivity index (χ4n) is 2.00. The first kappa shape index (κ1) is 15.5. The highest BCUT2D eigenvalue weighted by molar-refractivity contribution is 6.01. The van der Waals surface area contributed by atoms with Crippen molar-refractivity contribution < 1.29 is 4.79 Å². The SMILES string of the molecule is Cc1cccc(C)c1NC(=O)NC(=N)NCc1ccccn1. The van der Waals surface area contributed by atoms with Gasteiger partial charge < -0.3 is 10.6 Å². The molecule has 0 spiro atoms. The van der Waals surface area contributed by atoms with E-state index < -0.39 is 6.03 Å². The Morgan fingerprint density at radius 1 is 1.14 bits per heavy atom. The van der Waals surface area contributed by atoms with Crippen molar-refractivity contribution in [2.45, 2.75) is 20.4 Å². The summed E-state index contributed by atoms with van der Waals surface area (Å²) in [4.78, 5) is 16.1. The van der Waals surface area contributed by atoms with Gasteiger partial charge in [0, 0.05) is 11.9 Å². The standard InChI is InChI=1S/C16H19N5O/c1-11-6-5-7-12(2)14(11)20-16(22)21-15(17)19-10-13-8-3-4-9-18-13/h3-9H,10H2,1-2H3,(H4,17,19,20,21,22). The molecule has 0 aliphatic heterocycles. The molecule has 2 amide bonds. The van der Waals surface area contributed by atoms with Crippen LogP contribution in [0.5, 0.6) is 0 Å². The monoisotopic (exact) mass is 297 g/mol. The second-order valence-electron chi connectivity index (χ2n) is 4.90. The lowest BCUT2D eigenvalue weighted by Crippen LogP contribution is -2.42. The first-order chi connectivity index (χ1) is 10.6. The molecule has 0 fully saturated rings. The van der Waals surface area contributed by atoms with E-state index in [-0.39, 0.29) is 5.96 Å². The van der Waals surface area contributed by atoms with E-state index in [0.29, 0.717) is 6.54 Å². The van der Waals surface area contributed by atoms with Gasteiger partial charge in [0.1, 0.15) is 0 Å². The summed E-state index contributed by atoms with van der Waals surface area (Å²) in [7, 11) is 0. The first-order valence-corrected chi connectivity index (χ1v) is 6.93. The number of rotatable bonds is 3. The molecular weight excluding hydrogens is 278 g/mol. The van der Waals surface area contributed by atoms with Crippen LogP contribution in [0.2, 0.25) is 0 Å². The number of carbonyl (C=O) groups is 1. The number of hydrogen-bond donors (Lipinski definition) is 4. The number of aryl methyl sites for hydroxylation is 2. The predicted octanol–water partition coefficient (Wildman–Crippen LogP) is 2.54. The number of benzene rings is 1. The van der Waals surface area contributed by atoms with Gasteiger partial charge in [0.2, 0.25) is 0 Å². The molecule has 0 atom stereocenters. The molecule has 4 N–H and O–H groups in total. The van der Waals surface area contributed by atoms with Crippen LogP contribution in [0, 0.1) is 19.3 Å². The number of nitrogens with zero attached hydrogens (tertiary/aromatic N) is 1. The van der Waals surface area contributed by atoms with Crippen molar-refractivity contribution in [3.8, 4) is 0 Å². The van der Waals surface area contributed by atoms with Crippen LogP contribution < -0.4 is 16.0 Å². The molecule has 6 heteroatoms. The molecule has 0 radical (unpaired) electrons. The number of nitrogens with one attached hydrogen (secondary N) is 4. The second kappa shape index (κ2) is 7.21. The Balaban J connectivity index is 1.85. The topological polar surface area (TPSA) is 89.9 Å². The van der Waals surface area contributed by atoms with Crippen molar-refractivity contribution in [1.82, 2.24) is 15.6 Å². The molecule has 2 rings (SSSR count). The Kier molecular flexibility index (Phi) is 5.08. The summed E-state index contributed by atoms with van der Waals surface area (Å²) < 4.78 is 0. The molecule has 1 aromatic heterocycles. The number of anilines is 1. The van der Waals surface area contributed by atoms with E-state index in [1.807, 2.05) is 50.2 Å². The molecule has 114 valence electrons. The summed E-state index contributed by atoms with van der Waals surface area (Å²) in [5.74, 6) is -0.0746. The summed E-state index contributed by atoms with van der Waals surface area (Å²) in [5.41, 5.74) is 3.51. The minimum absolute atomic E-state index is 0.0746. The quantitative estimate of drug-likeness (QED) is 0.518. The number of pyridine rings is 1. The number of carbonyl (C=O) groups excluding carboxylic acids is 1. The molecule has 22 heavy (non-hydrogen) atoms. The average molecular weight is 297 g/mol. The third-order valence-corrected chi connectivity index (χ3v) is 3.13. The van der Waals surface area contributed by atoms with Crippen LogP contribution in [0.3, 0.4) is 0 Å². The van der Waals surface area contributed by atoms with Gasteiger partial charge in [0.05, 0.1) is 12.2 Å². The molecule has 1 heterocycles. The fourth-order valence-corrected chi connectivity index (χ4v) is 2.00. The number of hydrogen-bond acceptors (Lipinski definition) is 3. The molecule has 0 unspecified atom stereocenters. The van der Waals surface area contributed by atoms with Gasteiger partial charge in [-0.05, 0) is 37.1 Å². The maximum atomic E-state index is 11.9. The summed E-state index contributed by atoms with van der Waals surface area (Å²) in [6.45, 7) is 4.23. The minimum atomic E-state index is -0.448. The van der Waals surface area contributed by atoms with E-state index in [9.17, 15) is 4.79 Å². The summed E-state index contributed by atoms with van der Waals surface area (Å²) in [5, 5.41) is 15.7. The highest BCUT2D eigenvalue weighted by Crippen LogP contribution is 2.18. The minimum Gasteiger partial charge on any atom is -0.351 e. The van der Waals surface area contributed by atoms with Crippen LogP contribution in [0.1, 0.15) is 16.8 Å². The lowest BCUT2D eigenvalue weighted by molar-refractivity contribution is 0.255. The van der Waals surface area contributed by atoms with Crippen LogP contribution in [-0.4, -0.2) is 17.0 Å². The highest BCUT2D eigenvalue weighted by atomic mass is 16.2. The number of aromatic nitrogens is 1. The van der Waals surface area contributed by atoms with Crippen LogP contribution in [0.25, 0.3) is 0 Å². The van der Waals surface area contributed by atoms with Crippen LogP contribution >= 0.6 is 0 Å². The van der Waals surface area contributed by atoms with Crippen molar-refractivity contribution in [2.24, 2.45) is 0 Å². The van der Waals surface area contributed by atoms with E-state index in [1.54, 1.807) is 6.20 Å². The van der Waals surface area contributed by atoms with Gasteiger partial charge >= 0.3 is 6.03 Å². The fraction of sp³-hybridized carbons (Fsp3) is 0.188. The van der Waals surface area contributed by atoms with E-state index in [2.05, 4.69) is 20.9 Å². The zero-order valence-corrected chi connectivity index (χ0v) is 12.6. The van der Waals surface area contributed by atoms with E-state index >= 15 is 0 Å². The van der Waals surface area contributed by atoms with Gasteiger partial charge in [-0.2, -0.15) is 0 Å². The van der Waals surface area contributed by atoms with E-state index in [4.69, 9.17) is 5.41 Å². The van der Waals surface area contributed by atoms with Crippen molar-refractivity contribution >= 4 is 17.7 Å². The van der Waals surface area contributed by atoms with Gasteiger partial charge in [0.25, 0.3) is 0 Å². The molecule has 0 aliphatic carbocycles. The van der Waals surface area contributed by atoms with Crippen LogP contribution in [-0.2, 0) is 6.54 Å². The third kappa shape index (κ3) is 4.31. The van der Waals surface area contributed by atoms with Crippen molar-refractivity contribution in [1.29, 1.82) is 5.41 Å². The summed E-state index contributed by atoms with van der Waals surface area (Å²) in [6, 6.07) is 10.9. The lowest BCUT2D eigenvalue weighted by Gasteiger charge is -2.13. The second-order valence-corrected chi connectivity index (χ2v) is 4.90. The Morgan fingerprint density at radius 3 is 2.50 bits per heavy atom. The first-order valence-electron chi connectivity index (χ1n) is 6.93. The molecule has 2 aromatic rings. The Morgan fingerprint density at radius 2 is 1.86 bits per heavy atom. The largest absolute Gasteiger partial charge is 0.351 e. The van der Waals surface area contributed by atoms with E-state index in [1.165, 1.54) is 0 Å². The number of guanidine groups is 1. The van der Waals surface area contributed by atoms with E-state index in [0.717, 1.165) is 22.5 Å². The van der Waals surface area contributed by atoms with Crippen LogP contribution in [0.4, 0.5) is 10.5 Å². The van der Waals surface area contributed by atoms with Crippen LogP contribution in [0.15, 0.2) is 42.6 Å². The van der Waals surface area contributed by atoms with Gasteiger partial charge in [-0.15, -0.1) is 0 Å². The normalized spacial score (nSPS) is 9.91. The maximum Gasteiger partial charge on any atom is 0.326 e. The summed E-state index contributed by atoms with van der Waals surface area (Å²) >= 11 is 0. The molecule has 0 saturated heterocycles. The molecule has 0 bridgehead atoms. The zero-order chi connectivity index (χ0) is 15.9. The van der Waals surface area contributed by atoms with Gasteiger partial charge in [0.15, 0.2) is 5.96 Å². The molecule has 6 nitrogen and oxygen atoms in total. The zero-order valence-electron chi connectivity index (χ0n) is 12.6. The molecule has 0 aliphatic rings. The third-order valence-electron chi connectivity index (χ3n) is 3.13. The predicted molar refractivity (Wildman–Crippen MR) is 86.9 cm³/mol. The van der Waals surface area contributed by atoms with Crippen molar-refractivity contribution in [3.63, 3.8) is 0 Å². The van der Waals surface area contributed by atoms with Crippen molar-refractivity contribution in [2.75, 3.05) is 5.32 Å². The van der Waals surface area contributed by atoms with Gasteiger partial charge in [-0.3, -0.25) is 15.7 Å². The molecular formula is C16H19N5O. The average Bonchev–Trinajstić information content (AvgIpc) is 2.50. The Labute approximate surface area is 129 Å². The number of para-hydroxylation sites is 1. The number of amides is 2. The highest BCUT2D eigenvalue weighted by Gasteiger charge is 2.08.